The standard InChI is InChI=1S/C51H33N/c1-2-18-36(19-3-1)49-38-22-7-5-17-35(38)32-33-48(49)52(46-30-14-20-34-16-4-6-21-37(34)46)47-31-15-29-45-50(47)41-25-10-13-28-44(41)51(45)42-26-11-8-23-39(42)40-24-9-12-27-43(40)51/h1-33H. The molecule has 2 aliphatic carbocycles. The first kappa shape index (κ1) is 29.1. The van der Waals surface area contributed by atoms with Crippen molar-refractivity contribution < 1.29 is 0 Å². The molecule has 0 saturated heterocycles. The molecule has 9 aromatic carbocycles. The summed E-state index contributed by atoms with van der Waals surface area (Å²) in [5, 5.41) is 4.90. The molecule has 0 N–H and O–H groups in total. The average molecular weight is 660 g/mol. The quantitative estimate of drug-likeness (QED) is 0.182. The second-order valence-corrected chi connectivity index (χ2v) is 14.0. The van der Waals surface area contributed by atoms with Crippen LogP contribution in [0.25, 0.3) is 54.9 Å². The van der Waals surface area contributed by atoms with E-state index < -0.39 is 5.41 Å². The number of rotatable bonds is 4. The Morgan fingerprint density at radius 1 is 0.288 bits per heavy atom. The molecule has 1 nitrogen and oxygen atoms in total. The Labute approximate surface area is 303 Å². The fourth-order valence-electron chi connectivity index (χ4n) is 9.46. The molecule has 0 amide bonds. The summed E-state index contributed by atoms with van der Waals surface area (Å²) in [6.45, 7) is 0. The Kier molecular flexibility index (Phi) is 6.23. The molecule has 242 valence electrons. The van der Waals surface area contributed by atoms with E-state index in [9.17, 15) is 0 Å². The molecular weight excluding hydrogens is 627 g/mol. The van der Waals surface area contributed by atoms with E-state index in [0.717, 1.165) is 11.4 Å². The number of nitrogens with zero attached hydrogens (tertiary/aromatic N) is 1. The van der Waals surface area contributed by atoms with Crippen LogP contribution in [0.5, 0.6) is 0 Å². The third-order valence-electron chi connectivity index (χ3n) is 11.5. The van der Waals surface area contributed by atoms with Crippen molar-refractivity contribution in [1.29, 1.82) is 0 Å². The van der Waals surface area contributed by atoms with Crippen LogP contribution < -0.4 is 4.90 Å². The van der Waals surface area contributed by atoms with Gasteiger partial charge in [-0.1, -0.05) is 182 Å². The van der Waals surface area contributed by atoms with Crippen LogP contribution in [0.4, 0.5) is 17.1 Å². The summed E-state index contributed by atoms with van der Waals surface area (Å²) in [5.41, 5.74) is 16.1. The van der Waals surface area contributed by atoms with Crippen molar-refractivity contribution >= 4 is 38.6 Å². The molecule has 1 spiro atoms. The second-order valence-electron chi connectivity index (χ2n) is 14.0. The van der Waals surface area contributed by atoms with Crippen molar-refractivity contribution in [3.05, 3.63) is 222 Å². The fraction of sp³-hybridized carbons (Fsp3) is 0.0196. The minimum atomic E-state index is -0.425. The first-order chi connectivity index (χ1) is 25.8. The van der Waals surface area contributed by atoms with Gasteiger partial charge in [0.15, 0.2) is 0 Å². The van der Waals surface area contributed by atoms with Gasteiger partial charge in [0.25, 0.3) is 0 Å². The molecule has 9 aromatic rings. The van der Waals surface area contributed by atoms with Crippen LogP contribution in [0, 0.1) is 0 Å². The molecule has 0 bridgehead atoms. The predicted molar refractivity (Wildman–Crippen MR) is 218 cm³/mol. The monoisotopic (exact) mass is 659 g/mol. The van der Waals surface area contributed by atoms with Crippen molar-refractivity contribution in [2.75, 3.05) is 4.90 Å². The molecule has 2 aliphatic rings. The maximum atomic E-state index is 2.55. The van der Waals surface area contributed by atoms with Gasteiger partial charge >= 0.3 is 0 Å². The molecule has 0 aromatic heterocycles. The molecule has 1 heteroatoms. The van der Waals surface area contributed by atoms with E-state index in [1.807, 2.05) is 0 Å². The summed E-state index contributed by atoms with van der Waals surface area (Å²) < 4.78 is 0. The lowest BCUT2D eigenvalue weighted by Gasteiger charge is -2.33. The van der Waals surface area contributed by atoms with Gasteiger partial charge in [0.2, 0.25) is 0 Å². The number of hydrogen-bond donors (Lipinski definition) is 0. The van der Waals surface area contributed by atoms with E-state index in [-0.39, 0.29) is 0 Å². The molecule has 0 radical (unpaired) electrons. The minimum absolute atomic E-state index is 0.425. The van der Waals surface area contributed by atoms with Crippen LogP contribution in [0.3, 0.4) is 0 Å². The fourth-order valence-corrected chi connectivity index (χ4v) is 9.46. The highest BCUT2D eigenvalue weighted by Gasteiger charge is 2.52. The minimum Gasteiger partial charge on any atom is -0.309 e. The third kappa shape index (κ3) is 3.88. The van der Waals surface area contributed by atoms with E-state index in [2.05, 4.69) is 205 Å². The van der Waals surface area contributed by atoms with Gasteiger partial charge in [-0.2, -0.15) is 0 Å². The lowest BCUT2D eigenvalue weighted by molar-refractivity contribution is 0.794. The van der Waals surface area contributed by atoms with Crippen LogP contribution in [-0.2, 0) is 5.41 Å². The lowest BCUT2D eigenvalue weighted by Crippen LogP contribution is -2.26. The van der Waals surface area contributed by atoms with Crippen molar-refractivity contribution in [1.82, 2.24) is 0 Å². The van der Waals surface area contributed by atoms with Gasteiger partial charge in [0.05, 0.1) is 22.5 Å². The summed E-state index contributed by atoms with van der Waals surface area (Å²) in [4.78, 5) is 2.55. The summed E-state index contributed by atoms with van der Waals surface area (Å²) in [6, 6.07) is 74.1. The third-order valence-corrected chi connectivity index (χ3v) is 11.5. The summed E-state index contributed by atoms with van der Waals surface area (Å²) in [5.74, 6) is 0. The molecule has 0 heterocycles. The highest BCUT2D eigenvalue weighted by Crippen LogP contribution is 2.65. The smallest absolute Gasteiger partial charge is 0.0726 e. The van der Waals surface area contributed by atoms with Gasteiger partial charge in [0, 0.05) is 16.5 Å². The SMILES string of the molecule is c1ccc(-c2c(N(c3cccc4c3-c3ccccc3C43c4ccccc4-c4ccccc43)c3cccc4ccccc34)ccc3ccccc23)cc1. The maximum Gasteiger partial charge on any atom is 0.0726 e. The van der Waals surface area contributed by atoms with E-state index in [1.165, 1.54) is 82.9 Å². The van der Waals surface area contributed by atoms with E-state index in [4.69, 9.17) is 0 Å². The molecule has 11 rings (SSSR count). The zero-order valence-electron chi connectivity index (χ0n) is 28.5. The van der Waals surface area contributed by atoms with E-state index in [1.54, 1.807) is 0 Å². The number of benzene rings is 9. The molecule has 0 saturated carbocycles. The van der Waals surface area contributed by atoms with Gasteiger partial charge in [-0.3, -0.25) is 0 Å². The summed E-state index contributed by atoms with van der Waals surface area (Å²) in [6.07, 6.45) is 0. The Morgan fingerprint density at radius 2 is 0.769 bits per heavy atom. The zero-order chi connectivity index (χ0) is 34.2. The Balaban J connectivity index is 1.30. The summed E-state index contributed by atoms with van der Waals surface area (Å²) >= 11 is 0. The Hall–Kier alpha value is -6.70. The van der Waals surface area contributed by atoms with Gasteiger partial charge in [-0.05, 0) is 78.9 Å². The number of anilines is 3. The lowest BCUT2D eigenvalue weighted by atomic mass is 9.70. The van der Waals surface area contributed by atoms with Gasteiger partial charge in [-0.25, -0.2) is 0 Å². The van der Waals surface area contributed by atoms with Crippen molar-refractivity contribution in [2.45, 2.75) is 5.41 Å². The van der Waals surface area contributed by atoms with Crippen LogP contribution in [0.1, 0.15) is 22.3 Å². The molecule has 52 heavy (non-hydrogen) atoms. The normalized spacial score (nSPS) is 13.2. The van der Waals surface area contributed by atoms with Crippen LogP contribution >= 0.6 is 0 Å². The second kappa shape index (κ2) is 11.2. The Bertz CT molecular complexity index is 2810. The van der Waals surface area contributed by atoms with Crippen LogP contribution in [-0.4, -0.2) is 0 Å². The predicted octanol–water partition coefficient (Wildman–Crippen LogP) is 13.5. The molecule has 0 aliphatic heterocycles. The first-order valence-corrected chi connectivity index (χ1v) is 18.1. The Morgan fingerprint density at radius 3 is 1.50 bits per heavy atom. The maximum absolute atomic E-state index is 2.55. The highest BCUT2D eigenvalue weighted by atomic mass is 15.2. The average Bonchev–Trinajstić information content (AvgIpc) is 3.69. The molecule has 0 fully saturated rings. The largest absolute Gasteiger partial charge is 0.309 e. The van der Waals surface area contributed by atoms with E-state index in [0.29, 0.717) is 0 Å². The zero-order valence-corrected chi connectivity index (χ0v) is 28.5. The first-order valence-electron chi connectivity index (χ1n) is 18.1. The number of hydrogen-bond acceptors (Lipinski definition) is 1. The van der Waals surface area contributed by atoms with Gasteiger partial charge in [-0.15, -0.1) is 0 Å². The van der Waals surface area contributed by atoms with Gasteiger partial charge in [0.1, 0.15) is 0 Å². The topological polar surface area (TPSA) is 3.24 Å². The van der Waals surface area contributed by atoms with Crippen molar-refractivity contribution in [2.24, 2.45) is 0 Å². The molecule has 0 atom stereocenters. The van der Waals surface area contributed by atoms with Crippen LogP contribution in [0.2, 0.25) is 0 Å². The van der Waals surface area contributed by atoms with Crippen LogP contribution in [0.15, 0.2) is 200 Å². The van der Waals surface area contributed by atoms with Crippen molar-refractivity contribution in [3.63, 3.8) is 0 Å². The summed E-state index contributed by atoms with van der Waals surface area (Å²) in [7, 11) is 0. The molecule has 0 unspecified atom stereocenters. The van der Waals surface area contributed by atoms with Crippen molar-refractivity contribution in [3.8, 4) is 33.4 Å². The van der Waals surface area contributed by atoms with E-state index >= 15 is 0 Å². The highest BCUT2D eigenvalue weighted by molar-refractivity contribution is 6.10. The van der Waals surface area contributed by atoms with Gasteiger partial charge < -0.3 is 4.90 Å². The number of fused-ring (bicyclic) bond motifs is 12. The molecular formula is C51H33N.